The fraction of sp³-hybridized carbons (Fsp3) is 0.562. The number of aliphatic hydroxyl groups is 1. The van der Waals surface area contributed by atoms with Gasteiger partial charge in [-0.1, -0.05) is 31.0 Å². The molecule has 1 fully saturated rings. The van der Waals surface area contributed by atoms with E-state index in [2.05, 4.69) is 6.07 Å². The van der Waals surface area contributed by atoms with Gasteiger partial charge in [-0.3, -0.25) is 4.79 Å². The summed E-state index contributed by atoms with van der Waals surface area (Å²) in [6.07, 6.45) is 4.42. The van der Waals surface area contributed by atoms with E-state index in [4.69, 9.17) is 0 Å². The largest absolute Gasteiger partial charge is 0.396 e. The van der Waals surface area contributed by atoms with E-state index in [1.54, 1.807) is 0 Å². The molecule has 1 aliphatic heterocycles. The van der Waals surface area contributed by atoms with Crippen LogP contribution in [0.3, 0.4) is 0 Å². The minimum absolute atomic E-state index is 0.165. The van der Waals surface area contributed by atoms with E-state index in [-0.39, 0.29) is 24.5 Å². The zero-order valence-corrected chi connectivity index (χ0v) is 11.4. The zero-order chi connectivity index (χ0) is 13.4. The van der Waals surface area contributed by atoms with Crippen molar-refractivity contribution in [3.8, 4) is 0 Å². The quantitative estimate of drug-likeness (QED) is 0.886. The van der Waals surface area contributed by atoms with Crippen LogP contribution in [0.5, 0.6) is 0 Å². The zero-order valence-electron chi connectivity index (χ0n) is 11.4. The molecule has 1 aromatic carbocycles. The number of hydrogen-bond donors (Lipinski definition) is 1. The van der Waals surface area contributed by atoms with Crippen LogP contribution in [-0.4, -0.2) is 28.6 Å². The maximum Gasteiger partial charge on any atom is 0.255 e. The van der Waals surface area contributed by atoms with Crippen molar-refractivity contribution in [2.45, 2.75) is 45.2 Å². The third kappa shape index (κ3) is 2.06. The first kappa shape index (κ1) is 12.7. The highest BCUT2D eigenvalue weighted by atomic mass is 16.3. The Kier molecular flexibility index (Phi) is 3.31. The van der Waals surface area contributed by atoms with Crippen molar-refractivity contribution in [2.24, 2.45) is 5.92 Å². The van der Waals surface area contributed by atoms with Crippen molar-refractivity contribution in [1.82, 2.24) is 4.90 Å². The number of amides is 1. The molecule has 2 aliphatic rings. The molecule has 0 saturated heterocycles. The van der Waals surface area contributed by atoms with Crippen LogP contribution in [0.25, 0.3) is 0 Å². The van der Waals surface area contributed by atoms with Crippen LogP contribution in [0.4, 0.5) is 0 Å². The van der Waals surface area contributed by atoms with Gasteiger partial charge in [-0.2, -0.15) is 0 Å². The summed E-state index contributed by atoms with van der Waals surface area (Å²) in [4.78, 5) is 14.6. The van der Waals surface area contributed by atoms with Gasteiger partial charge in [0.2, 0.25) is 0 Å². The lowest BCUT2D eigenvalue weighted by Crippen LogP contribution is -2.44. The van der Waals surface area contributed by atoms with Gasteiger partial charge in [-0.05, 0) is 30.9 Å². The number of nitrogens with zero attached hydrogens (tertiary/aromatic N) is 1. The monoisotopic (exact) mass is 259 g/mol. The second-order valence-corrected chi connectivity index (χ2v) is 5.84. The summed E-state index contributed by atoms with van der Waals surface area (Å²) in [5.74, 6) is 0.422. The number of carbonyl (C=O) groups is 1. The SMILES string of the molecule is Cc1cccc2c1C(=O)N([C@H]1CCCC[C@@H]1CO)C2. The highest BCUT2D eigenvalue weighted by Crippen LogP contribution is 2.34. The average Bonchev–Trinajstić information content (AvgIpc) is 2.77. The molecule has 1 heterocycles. The molecular weight excluding hydrogens is 238 g/mol. The van der Waals surface area contributed by atoms with Gasteiger partial charge in [-0.25, -0.2) is 0 Å². The molecule has 0 spiro atoms. The van der Waals surface area contributed by atoms with Crippen molar-refractivity contribution in [1.29, 1.82) is 0 Å². The maximum absolute atomic E-state index is 12.6. The molecule has 2 atom stereocenters. The predicted molar refractivity (Wildman–Crippen MR) is 73.9 cm³/mol. The Morgan fingerprint density at radius 1 is 1.32 bits per heavy atom. The molecule has 3 rings (SSSR count). The van der Waals surface area contributed by atoms with Crippen LogP contribution in [0.1, 0.15) is 47.2 Å². The van der Waals surface area contributed by atoms with E-state index >= 15 is 0 Å². The number of fused-ring (bicyclic) bond motifs is 1. The molecule has 1 amide bonds. The number of benzene rings is 1. The lowest BCUT2D eigenvalue weighted by Gasteiger charge is -2.37. The van der Waals surface area contributed by atoms with Crippen LogP contribution in [-0.2, 0) is 6.54 Å². The Balaban J connectivity index is 1.89. The fourth-order valence-electron chi connectivity index (χ4n) is 3.64. The first-order valence-electron chi connectivity index (χ1n) is 7.22. The summed E-state index contributed by atoms with van der Waals surface area (Å²) in [5.41, 5.74) is 3.11. The minimum atomic E-state index is 0.165. The van der Waals surface area contributed by atoms with E-state index in [0.717, 1.165) is 36.1 Å². The molecule has 1 saturated carbocycles. The summed E-state index contributed by atoms with van der Waals surface area (Å²) in [7, 11) is 0. The summed E-state index contributed by atoms with van der Waals surface area (Å²) in [5, 5.41) is 9.54. The molecule has 1 aliphatic carbocycles. The standard InChI is InChI=1S/C16H21NO2/c1-11-5-4-7-12-9-17(16(19)15(11)12)14-8-3-2-6-13(14)10-18/h4-5,7,13-14,18H,2-3,6,8-10H2,1H3/t13-,14+/m1/s1. The molecule has 0 radical (unpaired) electrons. The van der Waals surface area contributed by atoms with Gasteiger partial charge in [0.15, 0.2) is 0 Å². The third-order valence-electron chi connectivity index (χ3n) is 4.68. The highest BCUT2D eigenvalue weighted by Gasteiger charge is 2.37. The fourth-order valence-corrected chi connectivity index (χ4v) is 3.64. The lowest BCUT2D eigenvalue weighted by atomic mass is 9.84. The predicted octanol–water partition coefficient (Wildman–Crippen LogP) is 2.50. The van der Waals surface area contributed by atoms with Crippen LogP contribution >= 0.6 is 0 Å². The Bertz CT molecular complexity index is 498. The molecule has 3 nitrogen and oxygen atoms in total. The summed E-state index contributed by atoms with van der Waals surface area (Å²) >= 11 is 0. The number of rotatable bonds is 2. The van der Waals surface area contributed by atoms with Gasteiger partial charge < -0.3 is 10.0 Å². The van der Waals surface area contributed by atoms with Gasteiger partial charge in [0.1, 0.15) is 0 Å². The molecule has 3 heteroatoms. The van der Waals surface area contributed by atoms with Crippen molar-refractivity contribution in [3.63, 3.8) is 0 Å². The van der Waals surface area contributed by atoms with Gasteiger partial charge in [0.25, 0.3) is 5.91 Å². The van der Waals surface area contributed by atoms with Crippen LogP contribution in [0, 0.1) is 12.8 Å². The second kappa shape index (κ2) is 4.97. The van der Waals surface area contributed by atoms with E-state index in [0.29, 0.717) is 0 Å². The van der Waals surface area contributed by atoms with Crippen molar-refractivity contribution >= 4 is 5.91 Å². The highest BCUT2D eigenvalue weighted by molar-refractivity contribution is 5.99. The molecule has 0 unspecified atom stereocenters. The topological polar surface area (TPSA) is 40.5 Å². The summed E-state index contributed by atoms with van der Waals surface area (Å²) < 4.78 is 0. The lowest BCUT2D eigenvalue weighted by molar-refractivity contribution is 0.0453. The van der Waals surface area contributed by atoms with E-state index < -0.39 is 0 Å². The number of aliphatic hydroxyl groups excluding tert-OH is 1. The first-order valence-corrected chi connectivity index (χ1v) is 7.22. The van der Waals surface area contributed by atoms with Gasteiger partial charge in [0, 0.05) is 30.7 Å². The Morgan fingerprint density at radius 3 is 2.84 bits per heavy atom. The van der Waals surface area contributed by atoms with Crippen molar-refractivity contribution < 1.29 is 9.90 Å². The number of carbonyl (C=O) groups excluding carboxylic acids is 1. The van der Waals surface area contributed by atoms with Crippen LogP contribution in [0.15, 0.2) is 18.2 Å². The second-order valence-electron chi connectivity index (χ2n) is 5.84. The van der Waals surface area contributed by atoms with Crippen molar-refractivity contribution in [3.05, 3.63) is 34.9 Å². The normalized spacial score (nSPS) is 26.6. The minimum Gasteiger partial charge on any atom is -0.396 e. The average molecular weight is 259 g/mol. The summed E-state index contributed by atoms with van der Waals surface area (Å²) in [6, 6.07) is 6.30. The van der Waals surface area contributed by atoms with E-state index in [1.165, 1.54) is 12.8 Å². The van der Waals surface area contributed by atoms with E-state index in [9.17, 15) is 9.90 Å². The molecule has 102 valence electrons. The molecule has 19 heavy (non-hydrogen) atoms. The molecule has 0 aromatic heterocycles. The molecule has 1 aromatic rings. The van der Waals surface area contributed by atoms with Crippen LogP contribution in [0.2, 0.25) is 0 Å². The smallest absolute Gasteiger partial charge is 0.255 e. The number of hydrogen-bond acceptors (Lipinski definition) is 2. The summed E-state index contributed by atoms with van der Waals surface area (Å²) in [6.45, 7) is 2.92. The van der Waals surface area contributed by atoms with Gasteiger partial charge in [-0.15, -0.1) is 0 Å². The first-order chi connectivity index (χ1) is 9.22. The third-order valence-corrected chi connectivity index (χ3v) is 4.68. The molecular formula is C16H21NO2. The Hall–Kier alpha value is -1.35. The maximum atomic E-state index is 12.6. The Morgan fingerprint density at radius 2 is 2.11 bits per heavy atom. The number of aryl methyl sites for hydroxylation is 1. The van der Waals surface area contributed by atoms with Crippen LogP contribution < -0.4 is 0 Å². The Labute approximate surface area is 114 Å². The molecule has 0 bridgehead atoms. The van der Waals surface area contributed by atoms with E-state index in [1.807, 2.05) is 24.0 Å². The molecule has 1 N–H and O–H groups in total. The van der Waals surface area contributed by atoms with Gasteiger partial charge >= 0.3 is 0 Å². The van der Waals surface area contributed by atoms with Gasteiger partial charge in [0.05, 0.1) is 0 Å². The van der Waals surface area contributed by atoms with Crippen molar-refractivity contribution in [2.75, 3.05) is 6.61 Å².